The molecule has 0 spiro atoms. The van der Waals surface area contributed by atoms with Crippen molar-refractivity contribution in [3.63, 3.8) is 0 Å². The average Bonchev–Trinajstić information content (AvgIpc) is 3.11. The number of hydrogen-bond acceptors (Lipinski definition) is 3. The molecule has 0 saturated heterocycles. The summed E-state index contributed by atoms with van der Waals surface area (Å²) in [6, 6.07) is 12.8. The molecule has 8 heteroatoms. The van der Waals surface area contributed by atoms with E-state index < -0.39 is 15.6 Å². The number of nitrogens with one attached hydrogen (secondary N) is 1. The van der Waals surface area contributed by atoms with Gasteiger partial charge in [0.05, 0.1) is 35.8 Å². The van der Waals surface area contributed by atoms with E-state index in [1.165, 1.54) is 0 Å². The van der Waals surface area contributed by atoms with Crippen LogP contribution in [0.3, 0.4) is 0 Å². The molecule has 2 aromatic carbocycles. The Hall–Kier alpha value is -2.82. The highest BCUT2D eigenvalue weighted by Crippen LogP contribution is 2.37. The molecule has 150 valence electrons. The number of fused-ring (bicyclic) bond motifs is 1. The smallest absolute Gasteiger partial charge is 0.229 e. The average molecular weight is 429 g/mol. The Labute approximate surface area is 175 Å². The largest absolute Gasteiger partial charge is 0.283 e. The number of nitrogens with zero attached hydrogens (tertiary/aromatic N) is 3. The van der Waals surface area contributed by atoms with Crippen LogP contribution in [0.1, 0.15) is 25.8 Å². The Bertz CT molecular complexity index is 1220. The number of aromatic nitrogens is 2. The van der Waals surface area contributed by atoms with E-state index in [4.69, 9.17) is 18.2 Å². The lowest BCUT2D eigenvalue weighted by molar-refractivity contribution is 0.401. The predicted molar refractivity (Wildman–Crippen MR) is 117 cm³/mol. The molecule has 0 fully saturated rings. The number of anilines is 1. The zero-order chi connectivity index (χ0) is 21.2. The fourth-order valence-electron chi connectivity index (χ4n) is 3.50. The van der Waals surface area contributed by atoms with Crippen LogP contribution >= 0.6 is 11.6 Å². The van der Waals surface area contributed by atoms with Gasteiger partial charge in [-0.05, 0) is 43.2 Å². The van der Waals surface area contributed by atoms with Gasteiger partial charge in [-0.25, -0.2) is 13.3 Å². The minimum Gasteiger partial charge on any atom is -0.283 e. The van der Waals surface area contributed by atoms with E-state index in [1.807, 2.05) is 48.0 Å². The van der Waals surface area contributed by atoms with Crippen molar-refractivity contribution >= 4 is 38.2 Å². The maximum atomic E-state index is 11.7. The van der Waals surface area contributed by atoms with E-state index in [2.05, 4.69) is 14.7 Å². The lowest BCUT2D eigenvalue weighted by Gasteiger charge is -2.32. The van der Waals surface area contributed by atoms with Crippen molar-refractivity contribution in [2.45, 2.75) is 25.8 Å². The number of halogens is 1. The first-order valence-corrected chi connectivity index (χ1v) is 11.2. The number of sulfonamides is 1. The third-order valence-corrected chi connectivity index (χ3v) is 5.64. The monoisotopic (exact) mass is 428 g/mol. The van der Waals surface area contributed by atoms with Gasteiger partial charge in [-0.3, -0.25) is 9.40 Å². The zero-order valence-corrected chi connectivity index (χ0v) is 17.9. The van der Waals surface area contributed by atoms with Crippen LogP contribution in [0.2, 0.25) is 5.02 Å². The van der Waals surface area contributed by atoms with E-state index in [-0.39, 0.29) is 0 Å². The molecule has 0 aliphatic rings. The topological polar surface area (TPSA) is 68.3 Å². The van der Waals surface area contributed by atoms with Gasteiger partial charge in [-0.2, -0.15) is 5.10 Å². The fraction of sp³-hybridized carbons (Fsp3) is 0.238. The Balaban J connectivity index is 2.32. The van der Waals surface area contributed by atoms with E-state index in [0.29, 0.717) is 28.2 Å². The van der Waals surface area contributed by atoms with Crippen LogP contribution in [0.25, 0.3) is 15.7 Å². The summed E-state index contributed by atoms with van der Waals surface area (Å²) in [6.45, 7) is 11.2. The SMILES string of the molecule is [C-]#[N+]C(C)=CC(CC)(c1ccc(Cl)cc1)n1ncc2c(NS(C)(=O)=O)cccc21. The third-order valence-electron chi connectivity index (χ3n) is 4.79. The predicted octanol–water partition coefficient (Wildman–Crippen LogP) is 5.04. The maximum Gasteiger partial charge on any atom is 0.229 e. The molecule has 0 aliphatic heterocycles. The molecule has 1 N–H and O–H groups in total. The van der Waals surface area contributed by atoms with E-state index in [9.17, 15) is 8.42 Å². The highest BCUT2D eigenvalue weighted by Gasteiger charge is 2.33. The van der Waals surface area contributed by atoms with Gasteiger partial charge in [0.2, 0.25) is 10.0 Å². The van der Waals surface area contributed by atoms with Crippen molar-refractivity contribution in [1.82, 2.24) is 9.78 Å². The van der Waals surface area contributed by atoms with Crippen LogP contribution in [0, 0.1) is 6.57 Å². The summed E-state index contributed by atoms with van der Waals surface area (Å²) in [4.78, 5) is 3.57. The van der Waals surface area contributed by atoms with Crippen LogP contribution in [-0.2, 0) is 15.6 Å². The van der Waals surface area contributed by atoms with Gasteiger partial charge in [0.25, 0.3) is 0 Å². The first-order chi connectivity index (χ1) is 13.7. The standard InChI is InChI=1S/C21H21ClN4O2S/c1-5-21(13-15(2)23-3,16-9-11-17(22)12-10-16)26-20-8-6-7-19(18(20)14-24-26)25-29(4,27)28/h6-14,25H,5H2,1-2,4H3. The summed E-state index contributed by atoms with van der Waals surface area (Å²) in [5, 5.41) is 5.92. The van der Waals surface area contributed by atoms with Crippen LogP contribution in [0.5, 0.6) is 0 Å². The number of benzene rings is 2. The van der Waals surface area contributed by atoms with Crippen LogP contribution < -0.4 is 4.72 Å². The van der Waals surface area contributed by atoms with Crippen molar-refractivity contribution in [3.8, 4) is 0 Å². The Morgan fingerprint density at radius 2 is 2.00 bits per heavy atom. The van der Waals surface area contributed by atoms with Crippen LogP contribution in [0.4, 0.5) is 5.69 Å². The molecule has 1 heterocycles. The van der Waals surface area contributed by atoms with Gasteiger partial charge >= 0.3 is 0 Å². The molecule has 1 aromatic heterocycles. The molecule has 29 heavy (non-hydrogen) atoms. The number of rotatable bonds is 6. The van der Waals surface area contributed by atoms with Crippen LogP contribution in [0.15, 0.2) is 60.4 Å². The molecular formula is C21H21ClN4O2S. The quantitative estimate of drug-likeness (QED) is 0.559. The second kappa shape index (κ2) is 7.90. The molecule has 0 radical (unpaired) electrons. The molecule has 1 atom stereocenters. The Morgan fingerprint density at radius 1 is 1.31 bits per heavy atom. The second-order valence-corrected chi connectivity index (χ2v) is 9.04. The van der Waals surface area contributed by atoms with Crippen molar-refractivity contribution in [1.29, 1.82) is 0 Å². The minimum atomic E-state index is -3.43. The van der Waals surface area contributed by atoms with Gasteiger partial charge in [-0.1, -0.05) is 42.8 Å². The molecule has 6 nitrogen and oxygen atoms in total. The summed E-state index contributed by atoms with van der Waals surface area (Å²) in [6.07, 6.45) is 5.28. The van der Waals surface area contributed by atoms with Gasteiger partial charge < -0.3 is 0 Å². The zero-order valence-electron chi connectivity index (χ0n) is 16.3. The Morgan fingerprint density at radius 3 is 2.59 bits per heavy atom. The molecule has 0 saturated carbocycles. The van der Waals surface area contributed by atoms with E-state index in [1.54, 1.807) is 25.3 Å². The van der Waals surface area contributed by atoms with E-state index in [0.717, 1.165) is 17.3 Å². The maximum absolute atomic E-state index is 11.7. The lowest BCUT2D eigenvalue weighted by Crippen LogP contribution is -2.33. The van der Waals surface area contributed by atoms with Gasteiger partial charge in [0.15, 0.2) is 5.70 Å². The van der Waals surface area contributed by atoms with Crippen LogP contribution in [-0.4, -0.2) is 24.5 Å². The first kappa shape index (κ1) is 20.9. The van der Waals surface area contributed by atoms with Gasteiger partial charge in [-0.15, -0.1) is 0 Å². The first-order valence-electron chi connectivity index (χ1n) is 8.98. The van der Waals surface area contributed by atoms with Gasteiger partial charge in [0, 0.05) is 10.4 Å². The summed E-state index contributed by atoms with van der Waals surface area (Å²) in [5.74, 6) is 0. The normalized spacial score (nSPS) is 14.4. The fourth-order valence-corrected chi connectivity index (χ4v) is 4.20. The molecule has 0 amide bonds. The summed E-state index contributed by atoms with van der Waals surface area (Å²) in [5.41, 5.74) is 1.95. The summed E-state index contributed by atoms with van der Waals surface area (Å²) >= 11 is 6.09. The number of allylic oxidation sites excluding steroid dienone is 2. The third kappa shape index (κ3) is 4.14. The van der Waals surface area contributed by atoms with Crippen molar-refractivity contribution < 1.29 is 8.42 Å². The van der Waals surface area contributed by atoms with Gasteiger partial charge in [0.1, 0.15) is 0 Å². The number of hydrogen-bond donors (Lipinski definition) is 1. The molecular weight excluding hydrogens is 408 g/mol. The molecule has 0 bridgehead atoms. The van der Waals surface area contributed by atoms with Crippen molar-refractivity contribution in [2.24, 2.45) is 0 Å². The molecule has 3 aromatic rings. The molecule has 0 aliphatic carbocycles. The molecule has 1 unspecified atom stereocenters. The van der Waals surface area contributed by atoms with E-state index >= 15 is 0 Å². The summed E-state index contributed by atoms with van der Waals surface area (Å²) in [7, 11) is -3.43. The highest BCUT2D eigenvalue weighted by atomic mass is 35.5. The Kier molecular flexibility index (Phi) is 5.69. The molecule has 3 rings (SSSR count). The minimum absolute atomic E-state index is 0.461. The second-order valence-electron chi connectivity index (χ2n) is 6.85. The summed E-state index contributed by atoms with van der Waals surface area (Å²) < 4.78 is 27.9. The van der Waals surface area contributed by atoms with Crippen molar-refractivity contribution in [2.75, 3.05) is 11.0 Å². The lowest BCUT2D eigenvalue weighted by atomic mass is 9.86. The highest BCUT2D eigenvalue weighted by molar-refractivity contribution is 7.92. The van der Waals surface area contributed by atoms with Crippen molar-refractivity contribution in [3.05, 3.63) is 82.4 Å².